The van der Waals surface area contributed by atoms with Gasteiger partial charge in [-0.25, -0.2) is 4.68 Å². The molecule has 1 saturated carbocycles. The number of carbonyl (C=O) groups is 1. The molecule has 1 aromatic heterocycles. The first-order chi connectivity index (χ1) is 14.8. The molecule has 7 heteroatoms. The lowest BCUT2D eigenvalue weighted by molar-refractivity contribution is -0.134. The molecule has 7 nitrogen and oxygen atoms in total. The largest absolute Gasteiger partial charge is 0.365 e. The van der Waals surface area contributed by atoms with E-state index in [1.807, 2.05) is 22.9 Å². The van der Waals surface area contributed by atoms with Gasteiger partial charge in [-0.3, -0.25) is 9.69 Å². The van der Waals surface area contributed by atoms with Gasteiger partial charge in [0.1, 0.15) is 11.8 Å². The van der Waals surface area contributed by atoms with E-state index in [2.05, 4.69) is 32.2 Å². The molecule has 0 radical (unpaired) electrons. The zero-order valence-corrected chi connectivity index (χ0v) is 17.6. The minimum absolute atomic E-state index is 0.0303. The maximum atomic E-state index is 12.6. The molecule has 1 atom stereocenters. The van der Waals surface area contributed by atoms with E-state index in [0.717, 1.165) is 50.5 Å². The average molecular weight is 410 g/mol. The number of carbonyl (C=O) groups excluding carboxylic acids is 1. The second kappa shape index (κ2) is 8.86. The molecule has 2 fully saturated rings. The number of ether oxygens (including phenoxy) is 1. The molecular weight excluding hydrogens is 378 g/mol. The van der Waals surface area contributed by atoms with E-state index in [1.54, 1.807) is 0 Å². The third kappa shape index (κ3) is 4.27. The van der Waals surface area contributed by atoms with Gasteiger partial charge in [0.2, 0.25) is 5.91 Å². The third-order valence-corrected chi connectivity index (χ3v) is 6.89. The topological polar surface area (TPSA) is 63.5 Å². The smallest absolute Gasteiger partial charge is 0.222 e. The van der Waals surface area contributed by atoms with Crippen molar-refractivity contribution in [3.05, 3.63) is 47.3 Å². The van der Waals surface area contributed by atoms with Crippen molar-refractivity contribution in [2.45, 2.75) is 57.9 Å². The Bertz CT molecular complexity index is 854. The average Bonchev–Trinajstić information content (AvgIpc) is 3.44. The van der Waals surface area contributed by atoms with Crippen LogP contribution in [0.2, 0.25) is 0 Å². The van der Waals surface area contributed by atoms with E-state index in [4.69, 9.17) is 4.74 Å². The summed E-state index contributed by atoms with van der Waals surface area (Å²) in [5, 5.41) is 8.85. The van der Waals surface area contributed by atoms with Crippen LogP contribution >= 0.6 is 0 Å². The summed E-state index contributed by atoms with van der Waals surface area (Å²) in [6.45, 7) is 5.46. The van der Waals surface area contributed by atoms with Gasteiger partial charge in [-0.2, -0.15) is 0 Å². The molecular formula is C23H31N5O2. The Morgan fingerprint density at radius 1 is 1.07 bits per heavy atom. The van der Waals surface area contributed by atoms with Gasteiger partial charge < -0.3 is 9.64 Å². The summed E-state index contributed by atoms with van der Waals surface area (Å²) in [4.78, 5) is 17.0. The molecule has 1 saturated heterocycles. The van der Waals surface area contributed by atoms with Crippen LogP contribution in [0.15, 0.2) is 30.3 Å². The summed E-state index contributed by atoms with van der Waals surface area (Å²) in [7, 11) is 0. The summed E-state index contributed by atoms with van der Waals surface area (Å²) in [6.07, 6.45) is 5.84. The maximum Gasteiger partial charge on any atom is 0.222 e. The fourth-order valence-electron chi connectivity index (χ4n) is 5.01. The first kappa shape index (κ1) is 19.7. The number of aromatic nitrogens is 3. The Morgan fingerprint density at radius 3 is 2.60 bits per heavy atom. The molecule has 160 valence electrons. The number of hydrogen-bond acceptors (Lipinski definition) is 5. The Hall–Kier alpha value is -2.25. The van der Waals surface area contributed by atoms with E-state index >= 15 is 0 Å². The van der Waals surface area contributed by atoms with Crippen LogP contribution in [0.4, 0.5) is 0 Å². The van der Waals surface area contributed by atoms with Crippen LogP contribution < -0.4 is 0 Å². The van der Waals surface area contributed by atoms with Gasteiger partial charge in [0.15, 0.2) is 0 Å². The van der Waals surface area contributed by atoms with Gasteiger partial charge in [-0.15, -0.1) is 5.10 Å². The minimum Gasteiger partial charge on any atom is -0.365 e. The second-order valence-corrected chi connectivity index (χ2v) is 8.89. The van der Waals surface area contributed by atoms with Crippen molar-refractivity contribution in [1.82, 2.24) is 24.8 Å². The Labute approximate surface area is 178 Å². The van der Waals surface area contributed by atoms with E-state index in [1.165, 1.54) is 31.2 Å². The SMILES string of the molecule is O=C(CC1CCCC1)N1CCN(Cc2nnn3c2COC(c2ccccc2)C3)CC1. The van der Waals surface area contributed by atoms with Gasteiger partial charge in [0.25, 0.3) is 0 Å². The predicted octanol–water partition coefficient (Wildman–Crippen LogP) is 2.77. The predicted molar refractivity (Wildman–Crippen MR) is 112 cm³/mol. The number of rotatable bonds is 5. The van der Waals surface area contributed by atoms with Gasteiger partial charge in [0, 0.05) is 39.1 Å². The first-order valence-electron chi connectivity index (χ1n) is 11.3. The number of nitrogens with zero attached hydrogens (tertiary/aromatic N) is 5. The van der Waals surface area contributed by atoms with Crippen molar-refractivity contribution >= 4 is 5.91 Å². The van der Waals surface area contributed by atoms with Crippen molar-refractivity contribution in [1.29, 1.82) is 0 Å². The van der Waals surface area contributed by atoms with Crippen molar-refractivity contribution in [2.24, 2.45) is 5.92 Å². The summed E-state index contributed by atoms with van der Waals surface area (Å²) in [5.41, 5.74) is 3.27. The molecule has 1 amide bonds. The van der Waals surface area contributed by atoms with E-state index in [9.17, 15) is 4.79 Å². The van der Waals surface area contributed by atoms with E-state index in [-0.39, 0.29) is 6.10 Å². The highest BCUT2D eigenvalue weighted by Crippen LogP contribution is 2.29. The van der Waals surface area contributed by atoms with Crippen molar-refractivity contribution < 1.29 is 9.53 Å². The number of benzene rings is 1. The lowest BCUT2D eigenvalue weighted by Crippen LogP contribution is -2.48. The van der Waals surface area contributed by atoms with Crippen molar-refractivity contribution in [2.75, 3.05) is 26.2 Å². The molecule has 0 spiro atoms. The van der Waals surface area contributed by atoms with E-state index in [0.29, 0.717) is 25.0 Å². The molecule has 1 aromatic carbocycles. The lowest BCUT2D eigenvalue weighted by Gasteiger charge is -2.35. The monoisotopic (exact) mass is 409 g/mol. The summed E-state index contributed by atoms with van der Waals surface area (Å²) >= 11 is 0. The Morgan fingerprint density at radius 2 is 1.83 bits per heavy atom. The fourth-order valence-corrected chi connectivity index (χ4v) is 5.01. The van der Waals surface area contributed by atoms with Crippen molar-refractivity contribution in [3.63, 3.8) is 0 Å². The maximum absolute atomic E-state index is 12.6. The van der Waals surface area contributed by atoms with Crippen LogP contribution in [-0.4, -0.2) is 56.9 Å². The zero-order chi connectivity index (χ0) is 20.3. The highest BCUT2D eigenvalue weighted by Gasteiger charge is 2.28. The van der Waals surface area contributed by atoms with Crippen LogP contribution in [0.1, 0.15) is 55.2 Å². The number of piperazine rings is 1. The lowest BCUT2D eigenvalue weighted by atomic mass is 10.0. The van der Waals surface area contributed by atoms with Crippen LogP contribution in [0.3, 0.4) is 0 Å². The molecule has 30 heavy (non-hydrogen) atoms. The highest BCUT2D eigenvalue weighted by atomic mass is 16.5. The van der Waals surface area contributed by atoms with Gasteiger partial charge in [0.05, 0.1) is 18.8 Å². The Balaban J connectivity index is 1.14. The van der Waals surface area contributed by atoms with Crippen LogP contribution in [-0.2, 0) is 29.2 Å². The third-order valence-electron chi connectivity index (χ3n) is 6.89. The molecule has 3 aliphatic rings. The molecule has 2 aromatic rings. The normalized spacial score (nSPS) is 22.9. The van der Waals surface area contributed by atoms with E-state index < -0.39 is 0 Å². The van der Waals surface area contributed by atoms with Crippen LogP contribution in [0, 0.1) is 5.92 Å². The molecule has 1 unspecified atom stereocenters. The molecule has 0 bridgehead atoms. The molecule has 1 aliphatic carbocycles. The Kier molecular flexibility index (Phi) is 5.82. The quantitative estimate of drug-likeness (QED) is 0.760. The van der Waals surface area contributed by atoms with Crippen LogP contribution in [0.5, 0.6) is 0 Å². The zero-order valence-electron chi connectivity index (χ0n) is 17.6. The molecule has 5 rings (SSSR count). The van der Waals surface area contributed by atoms with Crippen LogP contribution in [0.25, 0.3) is 0 Å². The fraction of sp³-hybridized carbons (Fsp3) is 0.609. The van der Waals surface area contributed by atoms with Gasteiger partial charge in [-0.05, 0) is 24.3 Å². The second-order valence-electron chi connectivity index (χ2n) is 8.89. The summed E-state index contributed by atoms with van der Waals surface area (Å²) in [5.74, 6) is 0.973. The number of amides is 1. The van der Waals surface area contributed by atoms with Gasteiger partial charge >= 0.3 is 0 Å². The highest BCUT2D eigenvalue weighted by molar-refractivity contribution is 5.76. The van der Waals surface area contributed by atoms with Gasteiger partial charge in [-0.1, -0.05) is 48.4 Å². The summed E-state index contributed by atoms with van der Waals surface area (Å²) in [6, 6.07) is 10.3. The standard InChI is InChI=1S/C23H31N5O2/c29-23(14-18-6-4-5-7-18)27-12-10-26(11-13-27)15-20-21-17-30-22(16-28(21)25-24-20)19-8-2-1-3-9-19/h1-3,8-9,18,22H,4-7,10-17H2. The molecule has 2 aliphatic heterocycles. The summed E-state index contributed by atoms with van der Waals surface area (Å²) < 4.78 is 8.12. The number of fused-ring (bicyclic) bond motifs is 1. The minimum atomic E-state index is 0.0303. The molecule has 3 heterocycles. The van der Waals surface area contributed by atoms with Crippen molar-refractivity contribution in [3.8, 4) is 0 Å². The number of hydrogen-bond donors (Lipinski definition) is 0. The molecule has 0 N–H and O–H groups in total. The first-order valence-corrected chi connectivity index (χ1v) is 11.3.